The molecule has 100 valence electrons. The molecule has 0 bridgehead atoms. The molecule has 18 heavy (non-hydrogen) atoms. The van der Waals surface area contributed by atoms with E-state index < -0.39 is 0 Å². The average Bonchev–Trinajstić information content (AvgIpc) is 2.78. The summed E-state index contributed by atoms with van der Waals surface area (Å²) in [5.41, 5.74) is 5.40. The molecule has 2 heterocycles. The second-order valence-corrected chi connectivity index (χ2v) is 4.41. The van der Waals surface area contributed by atoms with Gasteiger partial charge in [0.15, 0.2) is 5.82 Å². The fourth-order valence-corrected chi connectivity index (χ4v) is 2.12. The number of aryl methyl sites for hydroxylation is 1. The Morgan fingerprint density at radius 2 is 2.44 bits per heavy atom. The van der Waals surface area contributed by atoms with E-state index in [-0.39, 0.29) is 11.9 Å². The number of rotatable bonds is 5. The summed E-state index contributed by atoms with van der Waals surface area (Å²) in [6.07, 6.45) is 0.971. The summed E-state index contributed by atoms with van der Waals surface area (Å²) in [6, 6.07) is -0.287. The molecule has 1 amide bonds. The number of amides is 1. The zero-order valence-corrected chi connectivity index (χ0v) is 10.5. The molecule has 0 saturated carbocycles. The van der Waals surface area contributed by atoms with Crippen molar-refractivity contribution in [1.82, 2.24) is 30.4 Å². The van der Waals surface area contributed by atoms with Gasteiger partial charge in [0, 0.05) is 26.2 Å². The summed E-state index contributed by atoms with van der Waals surface area (Å²) in [4.78, 5) is 13.4. The fourth-order valence-electron chi connectivity index (χ4n) is 2.12. The molecule has 8 nitrogen and oxygen atoms in total. The highest BCUT2D eigenvalue weighted by Gasteiger charge is 2.27. The van der Waals surface area contributed by atoms with Crippen LogP contribution >= 0.6 is 0 Å². The number of nitrogens with two attached hydrogens (primary N) is 1. The van der Waals surface area contributed by atoms with E-state index in [9.17, 15) is 4.79 Å². The van der Waals surface area contributed by atoms with Gasteiger partial charge < -0.3 is 11.1 Å². The maximum Gasteiger partial charge on any atom is 0.236 e. The minimum atomic E-state index is -0.309. The normalized spacial score (nSPS) is 21.1. The Kier molecular flexibility index (Phi) is 4.21. The smallest absolute Gasteiger partial charge is 0.236 e. The number of nitrogens with zero attached hydrogens (tertiary/aromatic N) is 5. The Balaban J connectivity index is 2.06. The van der Waals surface area contributed by atoms with E-state index in [1.54, 1.807) is 4.68 Å². The Bertz CT molecular complexity index is 405. The molecule has 3 N–H and O–H groups in total. The van der Waals surface area contributed by atoms with Crippen molar-refractivity contribution in [1.29, 1.82) is 0 Å². The van der Waals surface area contributed by atoms with Crippen molar-refractivity contribution < 1.29 is 4.79 Å². The minimum Gasteiger partial charge on any atom is -0.368 e. The summed E-state index contributed by atoms with van der Waals surface area (Å²) in [7, 11) is 0. The maximum absolute atomic E-state index is 11.4. The van der Waals surface area contributed by atoms with Crippen molar-refractivity contribution in [2.75, 3.05) is 19.6 Å². The highest BCUT2D eigenvalue weighted by molar-refractivity contribution is 5.80. The van der Waals surface area contributed by atoms with E-state index in [1.165, 1.54) is 0 Å². The minimum absolute atomic E-state index is 0.287. The van der Waals surface area contributed by atoms with Crippen molar-refractivity contribution in [3.05, 3.63) is 5.82 Å². The second-order valence-electron chi connectivity index (χ2n) is 4.41. The number of hydrogen-bond acceptors (Lipinski definition) is 6. The molecular formula is C10H19N7O. The molecule has 1 unspecified atom stereocenters. The number of carbonyl (C=O) groups excluding carboxylic acids is 1. The van der Waals surface area contributed by atoms with E-state index in [0.717, 1.165) is 31.9 Å². The van der Waals surface area contributed by atoms with Crippen molar-refractivity contribution in [2.45, 2.75) is 32.5 Å². The number of primary amides is 1. The molecule has 0 aliphatic carbocycles. The quantitative estimate of drug-likeness (QED) is 0.651. The third-order valence-corrected chi connectivity index (χ3v) is 3.07. The summed E-state index contributed by atoms with van der Waals surface area (Å²) >= 11 is 0. The molecule has 0 spiro atoms. The highest BCUT2D eigenvalue weighted by Crippen LogP contribution is 2.08. The average molecular weight is 253 g/mol. The van der Waals surface area contributed by atoms with Crippen LogP contribution in [0.5, 0.6) is 0 Å². The van der Waals surface area contributed by atoms with Gasteiger partial charge in [-0.25, -0.2) is 4.68 Å². The number of piperazine rings is 1. The number of carbonyl (C=O) groups is 1. The predicted octanol–water partition coefficient (Wildman–Crippen LogP) is -1.66. The molecule has 1 aromatic rings. The SMILES string of the molecule is CCCn1nnnc1CN1CCNCC1C(N)=O. The zero-order valence-electron chi connectivity index (χ0n) is 10.5. The molecule has 1 aliphatic heterocycles. The Morgan fingerprint density at radius 3 is 3.17 bits per heavy atom. The largest absolute Gasteiger partial charge is 0.368 e. The zero-order chi connectivity index (χ0) is 13.0. The van der Waals surface area contributed by atoms with Crippen LogP contribution in [-0.2, 0) is 17.9 Å². The summed E-state index contributed by atoms with van der Waals surface area (Å²) in [6.45, 7) is 5.62. The molecule has 1 fully saturated rings. The van der Waals surface area contributed by atoms with E-state index in [0.29, 0.717) is 13.1 Å². The van der Waals surface area contributed by atoms with Gasteiger partial charge in [-0.2, -0.15) is 0 Å². The third-order valence-electron chi connectivity index (χ3n) is 3.07. The van der Waals surface area contributed by atoms with Crippen LogP contribution in [-0.4, -0.2) is 56.7 Å². The van der Waals surface area contributed by atoms with Crippen LogP contribution in [0.2, 0.25) is 0 Å². The van der Waals surface area contributed by atoms with E-state index >= 15 is 0 Å². The van der Waals surface area contributed by atoms with Crippen LogP contribution in [0.15, 0.2) is 0 Å². The van der Waals surface area contributed by atoms with E-state index in [2.05, 4.69) is 27.8 Å². The number of tetrazole rings is 1. The van der Waals surface area contributed by atoms with Gasteiger partial charge in [-0.05, 0) is 16.8 Å². The van der Waals surface area contributed by atoms with Crippen LogP contribution in [0.4, 0.5) is 0 Å². The molecule has 2 rings (SSSR count). The fraction of sp³-hybridized carbons (Fsp3) is 0.800. The lowest BCUT2D eigenvalue weighted by atomic mass is 10.2. The van der Waals surface area contributed by atoms with Crippen LogP contribution < -0.4 is 11.1 Å². The second kappa shape index (κ2) is 5.87. The van der Waals surface area contributed by atoms with E-state index in [1.807, 2.05) is 4.90 Å². The van der Waals surface area contributed by atoms with Gasteiger partial charge in [-0.15, -0.1) is 5.10 Å². The number of hydrogen-bond donors (Lipinski definition) is 2. The number of nitrogens with one attached hydrogen (secondary N) is 1. The molecule has 0 aromatic carbocycles. The Morgan fingerprint density at radius 1 is 1.61 bits per heavy atom. The molecule has 0 radical (unpaired) electrons. The third kappa shape index (κ3) is 2.82. The first-order valence-corrected chi connectivity index (χ1v) is 6.21. The topological polar surface area (TPSA) is 102 Å². The Hall–Kier alpha value is -1.54. The molecule has 8 heteroatoms. The lowest BCUT2D eigenvalue weighted by Crippen LogP contribution is -2.56. The highest BCUT2D eigenvalue weighted by atomic mass is 16.1. The van der Waals surface area contributed by atoms with Gasteiger partial charge in [0.05, 0.1) is 6.54 Å². The molecule has 1 atom stereocenters. The molecule has 1 aliphatic rings. The van der Waals surface area contributed by atoms with Gasteiger partial charge in [-0.1, -0.05) is 6.92 Å². The van der Waals surface area contributed by atoms with Gasteiger partial charge >= 0.3 is 0 Å². The van der Waals surface area contributed by atoms with Crippen LogP contribution in [0.3, 0.4) is 0 Å². The summed E-state index contributed by atoms with van der Waals surface area (Å²) in [5, 5.41) is 14.8. The first kappa shape index (κ1) is 12.9. The first-order valence-electron chi connectivity index (χ1n) is 6.21. The predicted molar refractivity (Wildman–Crippen MR) is 64.4 cm³/mol. The standard InChI is InChI=1S/C10H19N7O/c1-2-4-17-9(13-14-15-17)7-16-5-3-12-6-8(16)10(11)18/h8,12H,2-7H2,1H3,(H2,11,18). The lowest BCUT2D eigenvalue weighted by molar-refractivity contribution is -0.124. The van der Waals surface area contributed by atoms with Crippen LogP contribution in [0.25, 0.3) is 0 Å². The number of aromatic nitrogens is 4. The van der Waals surface area contributed by atoms with Gasteiger partial charge in [0.25, 0.3) is 0 Å². The van der Waals surface area contributed by atoms with Crippen molar-refractivity contribution in [2.24, 2.45) is 5.73 Å². The van der Waals surface area contributed by atoms with Gasteiger partial charge in [0.1, 0.15) is 6.04 Å². The summed E-state index contributed by atoms with van der Waals surface area (Å²) < 4.78 is 1.78. The lowest BCUT2D eigenvalue weighted by Gasteiger charge is -2.33. The van der Waals surface area contributed by atoms with E-state index in [4.69, 9.17) is 5.73 Å². The van der Waals surface area contributed by atoms with Gasteiger partial charge in [0.2, 0.25) is 5.91 Å². The maximum atomic E-state index is 11.4. The summed E-state index contributed by atoms with van der Waals surface area (Å²) in [5.74, 6) is 0.474. The first-order chi connectivity index (χ1) is 8.72. The Labute approximate surface area is 106 Å². The molecule has 1 aromatic heterocycles. The van der Waals surface area contributed by atoms with Crippen molar-refractivity contribution in [3.8, 4) is 0 Å². The van der Waals surface area contributed by atoms with Crippen molar-refractivity contribution in [3.63, 3.8) is 0 Å². The molecular weight excluding hydrogens is 234 g/mol. The van der Waals surface area contributed by atoms with Gasteiger partial charge in [-0.3, -0.25) is 9.69 Å². The van der Waals surface area contributed by atoms with Crippen molar-refractivity contribution >= 4 is 5.91 Å². The van der Waals surface area contributed by atoms with Crippen LogP contribution in [0.1, 0.15) is 19.2 Å². The molecule has 1 saturated heterocycles. The monoisotopic (exact) mass is 253 g/mol. The van der Waals surface area contributed by atoms with Crippen LogP contribution in [0, 0.1) is 0 Å².